The summed E-state index contributed by atoms with van der Waals surface area (Å²) in [5.41, 5.74) is 2.01. The highest BCUT2D eigenvalue weighted by Gasteiger charge is 2.27. The van der Waals surface area contributed by atoms with Crippen LogP contribution in [0, 0.1) is 0 Å². The van der Waals surface area contributed by atoms with E-state index in [1.807, 2.05) is 4.83 Å². The maximum atomic E-state index is 12.6. The van der Waals surface area contributed by atoms with Gasteiger partial charge in [0.2, 0.25) is 21.6 Å². The fourth-order valence-corrected chi connectivity index (χ4v) is 3.53. The molecule has 0 bridgehead atoms. The molecule has 1 aliphatic heterocycles. The number of Topliss-reactive ketones (excluding diaryl/α,β-unsaturated/α-hetero) is 2. The Morgan fingerprint density at radius 2 is 1.84 bits per heavy atom. The van der Waals surface area contributed by atoms with Crippen LogP contribution in [-0.4, -0.2) is 54.6 Å². The third-order valence-corrected chi connectivity index (χ3v) is 5.36. The first-order valence-corrected chi connectivity index (χ1v) is 11.6. The molecular formula is C19H23ClN2O8S. The molecule has 0 aliphatic carbocycles. The fraction of sp³-hybridized carbons (Fsp3) is 0.421. The third-order valence-electron chi connectivity index (χ3n) is 4.47. The number of carbonyl (C=O) groups excluding carboxylic acids is 3. The van der Waals surface area contributed by atoms with E-state index < -0.39 is 51.2 Å². The number of fused-ring (bicyclic) bond motifs is 1. The van der Waals surface area contributed by atoms with Crippen LogP contribution in [-0.2, 0) is 24.3 Å². The largest absolute Gasteiger partial charge is 0.507 e. The molecule has 12 heteroatoms. The molecule has 0 saturated heterocycles. The Labute approximate surface area is 184 Å². The lowest BCUT2D eigenvalue weighted by Gasteiger charge is -2.19. The number of hydrogen-bond acceptors (Lipinski definition) is 9. The minimum atomic E-state index is -3.66. The van der Waals surface area contributed by atoms with Gasteiger partial charge in [0.1, 0.15) is 17.1 Å². The van der Waals surface area contributed by atoms with Gasteiger partial charge in [0.05, 0.1) is 23.4 Å². The van der Waals surface area contributed by atoms with Crippen molar-refractivity contribution in [1.29, 1.82) is 0 Å². The van der Waals surface area contributed by atoms with Gasteiger partial charge in [-0.25, -0.2) is 18.6 Å². The van der Waals surface area contributed by atoms with Crippen molar-refractivity contribution < 1.29 is 37.8 Å². The average molecular weight is 475 g/mol. The van der Waals surface area contributed by atoms with Gasteiger partial charge >= 0.3 is 5.97 Å². The average Bonchev–Trinajstić information content (AvgIpc) is 2.65. The van der Waals surface area contributed by atoms with Gasteiger partial charge in [0, 0.05) is 18.1 Å². The number of ether oxygens (including phenoxy) is 1. The van der Waals surface area contributed by atoms with Crippen LogP contribution in [0.25, 0.3) is 6.08 Å². The van der Waals surface area contributed by atoms with Crippen LogP contribution in [0.15, 0.2) is 12.1 Å². The quantitative estimate of drug-likeness (QED) is 0.289. The number of halogens is 1. The maximum absolute atomic E-state index is 12.6. The number of phenols is 2. The predicted octanol–water partition coefficient (Wildman–Crippen LogP) is 1.44. The van der Waals surface area contributed by atoms with Crippen LogP contribution in [0.5, 0.6) is 11.5 Å². The van der Waals surface area contributed by atoms with Crippen molar-refractivity contribution in [2.45, 2.75) is 44.8 Å². The molecule has 2 atom stereocenters. The number of aromatic hydroxyl groups is 2. The standard InChI is InChI=1S/C19H23ClN2O8S/c1-10-5-3-7-12(21-22-31(2,28)29)18(26)13(23)8-4-6-11-16(19(27)30-10)14(24)9-15(25)17(11)20/h4,6,9-10,12,21-22,24-25H,3,5,7-8H2,1-2H3/b6-4+/t10-,12?/m0/s1. The van der Waals surface area contributed by atoms with Crippen LogP contribution < -0.4 is 10.3 Å². The minimum Gasteiger partial charge on any atom is -0.507 e. The Bertz CT molecular complexity index is 1020. The third kappa shape index (κ3) is 6.76. The highest BCUT2D eigenvalue weighted by Crippen LogP contribution is 2.37. The molecule has 1 aromatic carbocycles. The summed E-state index contributed by atoms with van der Waals surface area (Å²) >= 11 is 6.06. The van der Waals surface area contributed by atoms with Gasteiger partial charge in [-0.3, -0.25) is 9.59 Å². The van der Waals surface area contributed by atoms with E-state index in [-0.39, 0.29) is 29.0 Å². The van der Waals surface area contributed by atoms with Crippen molar-refractivity contribution >= 4 is 45.2 Å². The summed E-state index contributed by atoms with van der Waals surface area (Å²) in [6.07, 6.45) is 3.07. The van der Waals surface area contributed by atoms with E-state index in [1.165, 1.54) is 12.2 Å². The molecule has 0 amide bonds. The Morgan fingerprint density at radius 3 is 2.48 bits per heavy atom. The summed E-state index contributed by atoms with van der Waals surface area (Å²) in [6.45, 7) is 1.60. The molecule has 0 radical (unpaired) electrons. The summed E-state index contributed by atoms with van der Waals surface area (Å²) in [4.78, 5) is 39.4. The fourth-order valence-electron chi connectivity index (χ4n) is 2.96. The number of ketones is 2. The predicted molar refractivity (Wildman–Crippen MR) is 112 cm³/mol. The van der Waals surface area contributed by atoms with Crippen LogP contribution >= 0.6 is 11.6 Å². The monoisotopic (exact) mass is 474 g/mol. The number of cyclic esters (lactones) is 1. The zero-order valence-electron chi connectivity index (χ0n) is 16.8. The van der Waals surface area contributed by atoms with E-state index in [0.717, 1.165) is 12.3 Å². The van der Waals surface area contributed by atoms with Gasteiger partial charge in [0.25, 0.3) is 0 Å². The smallest absolute Gasteiger partial charge is 0.342 e. The van der Waals surface area contributed by atoms with Crippen LogP contribution in [0.1, 0.15) is 48.5 Å². The number of carbonyl (C=O) groups is 3. The SMILES string of the molecule is C[C@H]1CCCC(NNS(C)(=O)=O)C(=O)C(=O)C/C=C/c2c(Cl)c(O)cc(O)c2C(=O)O1. The molecule has 1 aliphatic rings. The summed E-state index contributed by atoms with van der Waals surface area (Å²) in [6, 6.07) is -0.200. The Morgan fingerprint density at radius 1 is 1.16 bits per heavy atom. The van der Waals surface area contributed by atoms with Gasteiger partial charge in [0.15, 0.2) is 0 Å². The summed E-state index contributed by atoms with van der Waals surface area (Å²) in [7, 11) is -3.66. The Balaban J connectivity index is 2.40. The number of rotatable bonds is 3. The molecule has 170 valence electrons. The lowest BCUT2D eigenvalue weighted by Crippen LogP contribution is -2.49. The molecule has 0 saturated carbocycles. The highest BCUT2D eigenvalue weighted by molar-refractivity contribution is 7.88. The van der Waals surface area contributed by atoms with Gasteiger partial charge in [-0.05, 0) is 26.2 Å². The first-order chi connectivity index (χ1) is 14.4. The number of sulfonamides is 1. The zero-order valence-corrected chi connectivity index (χ0v) is 18.4. The number of allylic oxidation sites excluding steroid dienone is 1. The minimum absolute atomic E-state index is 0.0675. The maximum Gasteiger partial charge on any atom is 0.342 e. The first kappa shape index (κ1) is 24.8. The lowest BCUT2D eigenvalue weighted by molar-refractivity contribution is -0.137. The van der Waals surface area contributed by atoms with E-state index in [9.17, 15) is 33.0 Å². The van der Waals surface area contributed by atoms with Gasteiger partial charge < -0.3 is 14.9 Å². The van der Waals surface area contributed by atoms with Crippen molar-refractivity contribution in [3.8, 4) is 11.5 Å². The van der Waals surface area contributed by atoms with E-state index in [2.05, 4.69) is 5.43 Å². The molecule has 0 fully saturated rings. The van der Waals surface area contributed by atoms with Crippen molar-refractivity contribution in [3.63, 3.8) is 0 Å². The van der Waals surface area contributed by atoms with Crippen molar-refractivity contribution in [3.05, 3.63) is 28.3 Å². The topological polar surface area (TPSA) is 159 Å². The van der Waals surface area contributed by atoms with Crippen molar-refractivity contribution in [1.82, 2.24) is 10.3 Å². The summed E-state index contributed by atoms with van der Waals surface area (Å²) in [5.74, 6) is -3.54. The molecule has 1 heterocycles. The van der Waals surface area contributed by atoms with Crippen LogP contribution in [0.4, 0.5) is 0 Å². The molecule has 31 heavy (non-hydrogen) atoms. The number of hydrazine groups is 1. The number of esters is 1. The van der Waals surface area contributed by atoms with E-state index in [1.54, 1.807) is 6.92 Å². The second-order valence-electron chi connectivity index (χ2n) is 7.13. The van der Waals surface area contributed by atoms with Gasteiger partial charge in [-0.2, -0.15) is 4.83 Å². The Kier molecular flexibility index (Phi) is 8.18. The molecule has 4 N–H and O–H groups in total. The van der Waals surface area contributed by atoms with E-state index in [4.69, 9.17) is 16.3 Å². The first-order valence-electron chi connectivity index (χ1n) is 9.32. The zero-order chi connectivity index (χ0) is 23.3. The second-order valence-corrected chi connectivity index (χ2v) is 9.26. The highest BCUT2D eigenvalue weighted by atomic mass is 35.5. The molecular weight excluding hydrogens is 452 g/mol. The normalized spacial score (nSPS) is 22.4. The lowest BCUT2D eigenvalue weighted by atomic mass is 9.99. The Hall–Kier alpha value is -2.47. The number of hydrogen-bond donors (Lipinski definition) is 4. The second kappa shape index (κ2) is 10.2. The number of benzene rings is 1. The van der Waals surface area contributed by atoms with E-state index >= 15 is 0 Å². The van der Waals surface area contributed by atoms with Crippen LogP contribution in [0.2, 0.25) is 5.02 Å². The van der Waals surface area contributed by atoms with Crippen molar-refractivity contribution in [2.24, 2.45) is 0 Å². The molecule has 0 aromatic heterocycles. The molecule has 0 spiro atoms. The molecule has 1 unspecified atom stereocenters. The van der Waals surface area contributed by atoms with Crippen molar-refractivity contribution in [2.75, 3.05) is 6.26 Å². The van der Waals surface area contributed by atoms with Crippen LogP contribution in [0.3, 0.4) is 0 Å². The molecule has 1 aromatic rings. The number of phenolic OH excluding ortho intramolecular Hbond substituents is 2. The summed E-state index contributed by atoms with van der Waals surface area (Å²) < 4.78 is 28.0. The van der Waals surface area contributed by atoms with Gasteiger partial charge in [-0.1, -0.05) is 23.8 Å². The number of nitrogens with one attached hydrogen (secondary N) is 2. The van der Waals surface area contributed by atoms with Gasteiger partial charge in [-0.15, -0.1) is 0 Å². The summed E-state index contributed by atoms with van der Waals surface area (Å²) in [5, 5.41) is 19.8. The molecule has 10 nitrogen and oxygen atoms in total. The van der Waals surface area contributed by atoms with E-state index in [0.29, 0.717) is 12.8 Å². The molecule has 2 rings (SSSR count).